The first kappa shape index (κ1) is 13.5. The lowest BCUT2D eigenvalue weighted by atomic mass is 10.2. The first-order chi connectivity index (χ1) is 7.33. The highest BCUT2D eigenvalue weighted by molar-refractivity contribution is 7.10. The van der Waals surface area contributed by atoms with Gasteiger partial charge >= 0.3 is 0 Å². The van der Waals surface area contributed by atoms with E-state index in [0.29, 0.717) is 0 Å². The zero-order valence-corrected chi connectivity index (χ0v) is 11.0. The molecule has 0 bridgehead atoms. The van der Waals surface area contributed by atoms with Crippen molar-refractivity contribution in [3.05, 3.63) is 21.9 Å². The normalized spacial score (nSPS) is 22.2. The summed E-state index contributed by atoms with van der Waals surface area (Å²) in [5.74, 6) is 0.908. The molecule has 1 fully saturated rings. The van der Waals surface area contributed by atoms with Crippen molar-refractivity contribution in [2.75, 3.05) is 0 Å². The maximum absolute atomic E-state index is 8.69. The average molecular weight is 257 g/mol. The van der Waals surface area contributed by atoms with E-state index in [-0.39, 0.29) is 12.4 Å². The molecular formula is C12H17ClN2S. The minimum Gasteiger partial charge on any atom is -0.309 e. The van der Waals surface area contributed by atoms with Gasteiger partial charge in [-0.1, -0.05) is 13.3 Å². The van der Waals surface area contributed by atoms with E-state index >= 15 is 0 Å². The van der Waals surface area contributed by atoms with E-state index in [4.69, 9.17) is 5.26 Å². The lowest BCUT2D eigenvalue weighted by Gasteiger charge is -2.00. The van der Waals surface area contributed by atoms with Crippen molar-refractivity contribution in [3.8, 4) is 6.07 Å². The van der Waals surface area contributed by atoms with E-state index in [0.717, 1.165) is 24.1 Å². The van der Waals surface area contributed by atoms with E-state index in [9.17, 15) is 0 Å². The molecule has 1 N–H and O–H groups in total. The van der Waals surface area contributed by atoms with Crippen LogP contribution in [0.2, 0.25) is 0 Å². The Morgan fingerprint density at radius 2 is 2.44 bits per heavy atom. The van der Waals surface area contributed by atoms with Crippen molar-refractivity contribution in [1.82, 2.24) is 5.32 Å². The summed E-state index contributed by atoms with van der Waals surface area (Å²) in [7, 11) is 0. The van der Waals surface area contributed by atoms with Crippen LogP contribution in [0, 0.1) is 17.2 Å². The largest absolute Gasteiger partial charge is 0.309 e. The summed E-state index contributed by atoms with van der Waals surface area (Å²) >= 11 is 1.67. The maximum atomic E-state index is 8.69. The van der Waals surface area contributed by atoms with Crippen LogP contribution in [0.3, 0.4) is 0 Å². The number of hydrogen-bond acceptors (Lipinski definition) is 3. The first-order valence-corrected chi connectivity index (χ1v) is 6.42. The van der Waals surface area contributed by atoms with Crippen molar-refractivity contribution in [1.29, 1.82) is 5.26 Å². The zero-order chi connectivity index (χ0) is 10.7. The number of nitrogens with one attached hydrogen (secondary N) is 1. The molecule has 2 atom stereocenters. The number of nitriles is 1. The summed E-state index contributed by atoms with van der Waals surface area (Å²) in [4.78, 5) is 1.27. The Morgan fingerprint density at radius 1 is 1.62 bits per heavy atom. The second-order valence-electron chi connectivity index (χ2n) is 4.19. The van der Waals surface area contributed by atoms with Crippen LogP contribution in [0.15, 0.2) is 11.4 Å². The number of rotatable bonds is 5. The predicted molar refractivity (Wildman–Crippen MR) is 69.9 cm³/mol. The molecule has 1 heterocycles. The quantitative estimate of drug-likeness (QED) is 0.877. The summed E-state index contributed by atoms with van der Waals surface area (Å²) in [6.45, 7) is 3.17. The third kappa shape index (κ3) is 3.48. The smallest absolute Gasteiger partial charge is 0.100 e. The molecule has 2 rings (SSSR count). The molecule has 1 aliphatic rings. The summed E-state index contributed by atoms with van der Waals surface area (Å²) < 4.78 is 0. The Hall–Kier alpha value is -0.560. The van der Waals surface area contributed by atoms with E-state index in [1.54, 1.807) is 11.3 Å². The molecule has 0 radical (unpaired) electrons. The van der Waals surface area contributed by atoms with Gasteiger partial charge in [-0.3, -0.25) is 0 Å². The van der Waals surface area contributed by atoms with Crippen molar-refractivity contribution < 1.29 is 0 Å². The molecule has 2 unspecified atom stereocenters. The fraction of sp³-hybridized carbons (Fsp3) is 0.583. The maximum Gasteiger partial charge on any atom is 0.100 e. The number of halogens is 1. The Labute approximate surface area is 107 Å². The van der Waals surface area contributed by atoms with Crippen LogP contribution in [-0.2, 0) is 6.54 Å². The lowest BCUT2D eigenvalue weighted by molar-refractivity contribution is 0.602. The highest BCUT2D eigenvalue weighted by atomic mass is 35.5. The Bertz CT molecular complexity index is 369. The Kier molecular flexibility index (Phi) is 5.27. The summed E-state index contributed by atoms with van der Waals surface area (Å²) in [5.41, 5.74) is 0.790. The van der Waals surface area contributed by atoms with Crippen LogP contribution in [0.25, 0.3) is 0 Å². The first-order valence-electron chi connectivity index (χ1n) is 5.54. The molecule has 0 aromatic carbocycles. The molecule has 16 heavy (non-hydrogen) atoms. The topological polar surface area (TPSA) is 35.8 Å². The standard InChI is InChI=1S/C12H16N2S.ClH/c1-2-3-10-5-12(10)14-7-11-4-9(6-13)8-15-11;/h4,8,10,12,14H,2-3,5,7H2,1H3;1H. The minimum absolute atomic E-state index is 0. The van der Waals surface area contributed by atoms with Crippen molar-refractivity contribution in [2.24, 2.45) is 5.92 Å². The van der Waals surface area contributed by atoms with Crippen molar-refractivity contribution >= 4 is 23.7 Å². The van der Waals surface area contributed by atoms with Gasteiger partial charge < -0.3 is 5.32 Å². The molecular weight excluding hydrogens is 240 g/mol. The third-order valence-corrected chi connectivity index (χ3v) is 3.84. The van der Waals surface area contributed by atoms with E-state index in [1.807, 2.05) is 11.4 Å². The third-order valence-electron chi connectivity index (χ3n) is 2.90. The van der Waals surface area contributed by atoms with Crippen LogP contribution in [0.4, 0.5) is 0 Å². The molecule has 1 aromatic rings. The zero-order valence-electron chi connectivity index (χ0n) is 9.40. The highest BCUT2D eigenvalue weighted by Crippen LogP contribution is 2.34. The molecule has 1 aliphatic carbocycles. The average Bonchev–Trinajstić information content (AvgIpc) is 2.82. The van der Waals surface area contributed by atoms with Crippen LogP contribution in [-0.4, -0.2) is 6.04 Å². The molecule has 1 aromatic heterocycles. The van der Waals surface area contributed by atoms with Gasteiger partial charge in [0.1, 0.15) is 6.07 Å². The Balaban J connectivity index is 0.00000128. The minimum atomic E-state index is 0. The predicted octanol–water partition coefficient (Wildman–Crippen LogP) is 3.32. The van der Waals surface area contributed by atoms with Crippen LogP contribution in [0.5, 0.6) is 0 Å². The summed E-state index contributed by atoms with van der Waals surface area (Å²) in [6.07, 6.45) is 3.98. The van der Waals surface area contributed by atoms with Gasteiger partial charge in [-0.15, -0.1) is 23.7 Å². The van der Waals surface area contributed by atoms with Crippen molar-refractivity contribution in [3.63, 3.8) is 0 Å². The molecule has 1 saturated carbocycles. The van der Waals surface area contributed by atoms with Gasteiger partial charge in [-0.05, 0) is 24.8 Å². The van der Waals surface area contributed by atoms with Gasteiger partial charge in [0.05, 0.1) is 5.56 Å². The number of nitrogens with zero attached hydrogens (tertiary/aromatic N) is 1. The molecule has 0 saturated heterocycles. The van der Waals surface area contributed by atoms with E-state index in [1.165, 1.54) is 24.1 Å². The molecule has 88 valence electrons. The second-order valence-corrected chi connectivity index (χ2v) is 5.18. The second kappa shape index (κ2) is 6.24. The monoisotopic (exact) mass is 256 g/mol. The lowest BCUT2D eigenvalue weighted by Crippen LogP contribution is -2.16. The van der Waals surface area contributed by atoms with Gasteiger partial charge in [0.15, 0.2) is 0 Å². The molecule has 4 heteroatoms. The van der Waals surface area contributed by atoms with Crippen LogP contribution < -0.4 is 5.32 Å². The van der Waals surface area contributed by atoms with Gasteiger partial charge in [0, 0.05) is 22.8 Å². The van der Waals surface area contributed by atoms with Crippen molar-refractivity contribution in [2.45, 2.75) is 38.8 Å². The fourth-order valence-electron chi connectivity index (χ4n) is 1.95. The SMILES string of the molecule is CCCC1CC1NCc1cc(C#N)cs1.Cl. The summed E-state index contributed by atoms with van der Waals surface area (Å²) in [6, 6.07) is 4.88. The Morgan fingerprint density at radius 3 is 3.06 bits per heavy atom. The molecule has 0 amide bonds. The molecule has 2 nitrogen and oxygen atoms in total. The number of hydrogen-bond donors (Lipinski definition) is 1. The number of thiophene rings is 1. The van der Waals surface area contributed by atoms with Gasteiger partial charge in [-0.25, -0.2) is 0 Å². The highest BCUT2D eigenvalue weighted by Gasteiger charge is 2.35. The van der Waals surface area contributed by atoms with Crippen LogP contribution >= 0.6 is 23.7 Å². The van der Waals surface area contributed by atoms with Gasteiger partial charge in [-0.2, -0.15) is 5.26 Å². The fourth-order valence-corrected chi connectivity index (χ4v) is 2.71. The summed E-state index contributed by atoms with van der Waals surface area (Å²) in [5, 5.41) is 14.2. The van der Waals surface area contributed by atoms with E-state index in [2.05, 4.69) is 18.3 Å². The van der Waals surface area contributed by atoms with Gasteiger partial charge in [0.25, 0.3) is 0 Å². The van der Waals surface area contributed by atoms with Gasteiger partial charge in [0.2, 0.25) is 0 Å². The molecule has 0 spiro atoms. The molecule has 0 aliphatic heterocycles. The van der Waals surface area contributed by atoms with E-state index < -0.39 is 0 Å². The van der Waals surface area contributed by atoms with Crippen LogP contribution in [0.1, 0.15) is 36.6 Å².